The number of amides is 1. The number of benzene rings is 1. The first-order chi connectivity index (χ1) is 13.4. The first-order valence-corrected chi connectivity index (χ1v) is 9.64. The fraction of sp³-hybridized carbons (Fsp3) is 0.200. The van der Waals surface area contributed by atoms with E-state index >= 15 is 0 Å². The molecule has 0 spiro atoms. The van der Waals surface area contributed by atoms with Crippen molar-refractivity contribution in [2.45, 2.75) is 27.2 Å². The highest BCUT2D eigenvalue weighted by Gasteiger charge is 2.35. The summed E-state index contributed by atoms with van der Waals surface area (Å²) in [6.07, 6.45) is 2.40. The van der Waals surface area contributed by atoms with Crippen LogP contribution in [0, 0.1) is 25.1 Å². The molecule has 2 aromatic rings. The number of hydrogen-bond donors (Lipinski definition) is 1. The van der Waals surface area contributed by atoms with Gasteiger partial charge in [0.2, 0.25) is 5.17 Å². The molecule has 0 atom stereocenters. The van der Waals surface area contributed by atoms with Crippen LogP contribution in [0.1, 0.15) is 30.3 Å². The number of thioether (sulfide) groups is 1. The van der Waals surface area contributed by atoms with Crippen LogP contribution in [0.4, 0.5) is 4.39 Å². The Morgan fingerprint density at radius 3 is 2.64 bits per heavy atom. The van der Waals surface area contributed by atoms with Gasteiger partial charge in [0.15, 0.2) is 5.84 Å². The van der Waals surface area contributed by atoms with Gasteiger partial charge in [0.1, 0.15) is 10.9 Å². The van der Waals surface area contributed by atoms with Crippen molar-refractivity contribution < 1.29 is 9.18 Å². The second-order valence-electron chi connectivity index (χ2n) is 6.51. The largest absolute Gasteiger partial charge is 0.318 e. The number of rotatable bonds is 3. The molecule has 4 rings (SSSR count). The number of aryl methyl sites for hydroxylation is 1. The standard InChI is InChI=1S/C20H18FN5OS/c1-4-17-24-26-18(22)16(19(27)23-20(26)28-17)10-13-9-11(2)25(12(13)3)15-7-5-14(21)6-8-15/h5-10,22H,4H2,1-3H3/b16-10+,22-18?. The number of fused-ring (bicyclic) bond motifs is 1. The third-order valence-electron chi connectivity index (χ3n) is 4.65. The zero-order chi connectivity index (χ0) is 20.0. The molecule has 2 aliphatic heterocycles. The molecule has 0 saturated carbocycles. The SMILES string of the molecule is CCC1=NN2C(=N)/C(=C\c3cc(C)n(-c4ccc(F)cc4)c3C)C(=O)N=C2S1. The fourth-order valence-corrected chi connectivity index (χ4v) is 4.08. The molecule has 0 unspecified atom stereocenters. The Morgan fingerprint density at radius 1 is 1.25 bits per heavy atom. The van der Waals surface area contributed by atoms with E-state index in [-0.39, 0.29) is 17.2 Å². The van der Waals surface area contributed by atoms with Gasteiger partial charge < -0.3 is 4.57 Å². The molecule has 1 amide bonds. The number of nitrogens with zero attached hydrogens (tertiary/aromatic N) is 4. The van der Waals surface area contributed by atoms with Crippen LogP contribution in [0.3, 0.4) is 0 Å². The normalized spacial score (nSPS) is 17.9. The zero-order valence-electron chi connectivity index (χ0n) is 15.7. The molecule has 1 N–H and O–H groups in total. The van der Waals surface area contributed by atoms with Gasteiger partial charge in [-0.25, -0.2) is 4.39 Å². The van der Waals surface area contributed by atoms with Crippen molar-refractivity contribution in [1.82, 2.24) is 9.58 Å². The van der Waals surface area contributed by atoms with Crippen molar-refractivity contribution in [1.29, 1.82) is 5.41 Å². The van der Waals surface area contributed by atoms with Crippen molar-refractivity contribution in [3.05, 3.63) is 58.7 Å². The summed E-state index contributed by atoms with van der Waals surface area (Å²) in [5.41, 5.74) is 3.67. The lowest BCUT2D eigenvalue weighted by molar-refractivity contribution is -0.114. The number of hydrazone groups is 1. The lowest BCUT2D eigenvalue weighted by Gasteiger charge is -2.20. The van der Waals surface area contributed by atoms with Crippen molar-refractivity contribution >= 4 is 39.8 Å². The maximum Gasteiger partial charge on any atom is 0.283 e. The molecule has 2 aliphatic rings. The number of hydrogen-bond acceptors (Lipinski definition) is 4. The Bertz CT molecular complexity index is 1090. The number of amidine groups is 2. The fourth-order valence-electron chi connectivity index (χ4n) is 3.25. The number of aromatic nitrogens is 1. The van der Waals surface area contributed by atoms with E-state index in [9.17, 15) is 9.18 Å². The Hall–Kier alpha value is -3.00. The van der Waals surface area contributed by atoms with Gasteiger partial charge in [-0.3, -0.25) is 10.2 Å². The van der Waals surface area contributed by atoms with Gasteiger partial charge in [0, 0.05) is 17.1 Å². The molecule has 0 aliphatic carbocycles. The third kappa shape index (κ3) is 2.99. The van der Waals surface area contributed by atoms with E-state index < -0.39 is 5.91 Å². The van der Waals surface area contributed by atoms with Crippen LogP contribution in [0.15, 0.2) is 46.0 Å². The molecule has 1 aromatic carbocycles. The second kappa shape index (κ2) is 6.87. The maximum atomic E-state index is 13.3. The van der Waals surface area contributed by atoms with Gasteiger partial charge in [0.05, 0.1) is 5.57 Å². The van der Waals surface area contributed by atoms with Gasteiger partial charge >= 0.3 is 0 Å². The molecular formula is C20H18FN5OS. The van der Waals surface area contributed by atoms with Gasteiger partial charge in [-0.2, -0.15) is 15.1 Å². The molecule has 0 fully saturated rings. The monoisotopic (exact) mass is 395 g/mol. The van der Waals surface area contributed by atoms with Crippen molar-refractivity contribution in [2.75, 3.05) is 0 Å². The van der Waals surface area contributed by atoms with Crippen LogP contribution in [-0.2, 0) is 4.79 Å². The summed E-state index contributed by atoms with van der Waals surface area (Å²) in [6.45, 7) is 5.84. The molecule has 0 radical (unpaired) electrons. The first kappa shape index (κ1) is 18.4. The molecule has 1 aromatic heterocycles. The van der Waals surface area contributed by atoms with E-state index in [1.807, 2.05) is 31.4 Å². The molecule has 0 bridgehead atoms. The molecule has 0 saturated heterocycles. The summed E-state index contributed by atoms with van der Waals surface area (Å²) in [5.74, 6) is -0.709. The van der Waals surface area contributed by atoms with Gasteiger partial charge in [-0.05, 0) is 74.0 Å². The molecular weight excluding hydrogens is 377 g/mol. The van der Waals surface area contributed by atoms with Crippen molar-refractivity contribution in [3.63, 3.8) is 0 Å². The Morgan fingerprint density at radius 2 is 1.96 bits per heavy atom. The van der Waals surface area contributed by atoms with Gasteiger partial charge in [-0.1, -0.05) is 6.92 Å². The average molecular weight is 395 g/mol. The number of nitrogens with one attached hydrogen (secondary N) is 1. The number of carbonyl (C=O) groups is 1. The Balaban J connectivity index is 1.75. The molecule has 8 heteroatoms. The zero-order valence-corrected chi connectivity index (χ0v) is 16.5. The van der Waals surface area contributed by atoms with Crippen LogP contribution < -0.4 is 0 Å². The van der Waals surface area contributed by atoms with Gasteiger partial charge in [0.25, 0.3) is 5.91 Å². The van der Waals surface area contributed by atoms with E-state index in [2.05, 4.69) is 10.1 Å². The summed E-state index contributed by atoms with van der Waals surface area (Å²) in [7, 11) is 0. The summed E-state index contributed by atoms with van der Waals surface area (Å²) in [4.78, 5) is 16.6. The lowest BCUT2D eigenvalue weighted by atomic mass is 10.1. The minimum atomic E-state index is -0.442. The van der Waals surface area contributed by atoms with Gasteiger partial charge in [-0.15, -0.1) is 0 Å². The van der Waals surface area contributed by atoms with E-state index in [1.165, 1.54) is 28.9 Å². The molecule has 28 heavy (non-hydrogen) atoms. The molecule has 3 heterocycles. The predicted octanol–water partition coefficient (Wildman–Crippen LogP) is 4.26. The maximum absolute atomic E-state index is 13.3. The first-order valence-electron chi connectivity index (χ1n) is 8.83. The van der Waals surface area contributed by atoms with E-state index in [1.54, 1.807) is 18.2 Å². The Labute approximate surface area is 166 Å². The van der Waals surface area contributed by atoms with Crippen LogP contribution in [-0.4, -0.2) is 31.5 Å². The van der Waals surface area contributed by atoms with Crippen LogP contribution in [0.25, 0.3) is 11.8 Å². The summed E-state index contributed by atoms with van der Waals surface area (Å²) in [5, 5.41) is 15.5. The second-order valence-corrected chi connectivity index (χ2v) is 7.55. The molecule has 142 valence electrons. The summed E-state index contributed by atoms with van der Waals surface area (Å²) >= 11 is 1.32. The smallest absolute Gasteiger partial charge is 0.283 e. The summed E-state index contributed by atoms with van der Waals surface area (Å²) < 4.78 is 15.2. The minimum absolute atomic E-state index is 0.0255. The summed E-state index contributed by atoms with van der Waals surface area (Å²) in [6, 6.07) is 8.18. The minimum Gasteiger partial charge on any atom is -0.318 e. The van der Waals surface area contributed by atoms with Crippen molar-refractivity contribution in [2.24, 2.45) is 10.1 Å². The van der Waals surface area contributed by atoms with E-state index in [0.29, 0.717) is 5.17 Å². The van der Waals surface area contributed by atoms with Crippen LogP contribution >= 0.6 is 11.8 Å². The highest BCUT2D eigenvalue weighted by molar-refractivity contribution is 8.26. The quantitative estimate of drug-likeness (QED) is 0.789. The topological polar surface area (TPSA) is 73.8 Å². The third-order valence-corrected chi connectivity index (χ3v) is 5.71. The number of aliphatic imine (C=N–C) groups is 1. The van der Waals surface area contributed by atoms with Crippen molar-refractivity contribution in [3.8, 4) is 5.69 Å². The van der Waals surface area contributed by atoms with E-state index in [0.717, 1.165) is 34.1 Å². The highest BCUT2D eigenvalue weighted by Crippen LogP contribution is 2.30. The number of carbonyl (C=O) groups excluding carboxylic acids is 1. The Kier molecular flexibility index (Phi) is 4.50. The predicted molar refractivity (Wildman–Crippen MR) is 111 cm³/mol. The lowest BCUT2D eigenvalue weighted by Crippen LogP contribution is -2.35. The highest BCUT2D eigenvalue weighted by atomic mass is 32.2. The number of halogens is 1. The van der Waals surface area contributed by atoms with Crippen LogP contribution in [0.2, 0.25) is 0 Å². The van der Waals surface area contributed by atoms with E-state index in [4.69, 9.17) is 5.41 Å². The average Bonchev–Trinajstić information content (AvgIpc) is 3.20. The molecule has 6 nitrogen and oxygen atoms in total. The van der Waals surface area contributed by atoms with Crippen LogP contribution in [0.5, 0.6) is 0 Å².